The van der Waals surface area contributed by atoms with Crippen molar-refractivity contribution in [1.82, 2.24) is 4.98 Å². The van der Waals surface area contributed by atoms with E-state index in [4.69, 9.17) is 0 Å². The second kappa shape index (κ2) is 4.60. The third kappa shape index (κ3) is 2.10. The summed E-state index contributed by atoms with van der Waals surface area (Å²) in [5.41, 5.74) is -1.58. The quantitative estimate of drug-likeness (QED) is 0.450. The first-order valence-electron chi connectivity index (χ1n) is 3.98. The van der Waals surface area contributed by atoms with E-state index < -0.39 is 34.3 Å². The summed E-state index contributed by atoms with van der Waals surface area (Å²) in [7, 11) is 0.990. The number of halogens is 2. The number of alkyl halides is 2. The fourth-order valence-corrected chi connectivity index (χ4v) is 1.11. The second-order valence-corrected chi connectivity index (χ2v) is 2.65. The number of nitrogens with zero attached hydrogens (tertiary/aromatic N) is 2. The van der Waals surface area contributed by atoms with Crippen LogP contribution in [0, 0.1) is 10.1 Å². The molecule has 0 N–H and O–H groups in total. The number of carbonyl (C=O) groups excluding carboxylic acids is 1. The summed E-state index contributed by atoms with van der Waals surface area (Å²) in [6, 6.07) is 0.945. The Morgan fingerprint density at radius 3 is 2.69 bits per heavy atom. The molecule has 0 aromatic carbocycles. The minimum atomic E-state index is -3.18. The summed E-state index contributed by atoms with van der Waals surface area (Å²) >= 11 is 0. The van der Waals surface area contributed by atoms with Crippen LogP contribution in [-0.4, -0.2) is 23.0 Å². The number of aromatic nitrogens is 1. The Kier molecular flexibility index (Phi) is 3.44. The van der Waals surface area contributed by atoms with Crippen molar-refractivity contribution < 1.29 is 23.2 Å². The van der Waals surface area contributed by atoms with Gasteiger partial charge in [0, 0.05) is 0 Å². The molecule has 6 nitrogen and oxygen atoms in total. The lowest BCUT2D eigenvalue weighted by Crippen LogP contribution is -2.09. The first-order chi connectivity index (χ1) is 7.49. The molecule has 0 saturated carbocycles. The number of pyridine rings is 1. The number of esters is 1. The SMILES string of the molecule is COC(=O)c1ccnc([N+](=O)[O-])c1C(F)F. The molecule has 0 amide bonds. The van der Waals surface area contributed by atoms with Gasteiger partial charge in [0.2, 0.25) is 0 Å². The van der Waals surface area contributed by atoms with Crippen LogP contribution in [0.25, 0.3) is 0 Å². The van der Waals surface area contributed by atoms with E-state index >= 15 is 0 Å². The lowest BCUT2D eigenvalue weighted by Gasteiger charge is -2.06. The molecule has 16 heavy (non-hydrogen) atoms. The molecule has 0 atom stereocenters. The van der Waals surface area contributed by atoms with E-state index in [1.807, 2.05) is 0 Å². The molecule has 0 fully saturated rings. The number of methoxy groups -OCH3 is 1. The van der Waals surface area contributed by atoms with E-state index in [1.165, 1.54) is 0 Å². The van der Waals surface area contributed by atoms with Gasteiger partial charge < -0.3 is 14.9 Å². The average molecular weight is 232 g/mol. The number of rotatable bonds is 3. The first-order valence-corrected chi connectivity index (χ1v) is 3.98. The summed E-state index contributed by atoms with van der Waals surface area (Å²) in [5.74, 6) is -2.11. The van der Waals surface area contributed by atoms with Crippen molar-refractivity contribution in [3.63, 3.8) is 0 Å². The Balaban J connectivity index is 3.44. The van der Waals surface area contributed by atoms with Gasteiger partial charge >= 0.3 is 11.8 Å². The van der Waals surface area contributed by atoms with Crippen LogP contribution in [0.15, 0.2) is 12.3 Å². The summed E-state index contributed by atoms with van der Waals surface area (Å²) in [6.07, 6.45) is -2.28. The Bertz CT molecular complexity index is 436. The summed E-state index contributed by atoms with van der Waals surface area (Å²) < 4.78 is 29.4. The van der Waals surface area contributed by atoms with Crippen molar-refractivity contribution in [3.05, 3.63) is 33.5 Å². The topological polar surface area (TPSA) is 82.3 Å². The number of carbonyl (C=O) groups is 1. The lowest BCUT2D eigenvalue weighted by molar-refractivity contribution is -0.391. The Morgan fingerprint density at radius 1 is 1.62 bits per heavy atom. The highest BCUT2D eigenvalue weighted by atomic mass is 19.3. The third-order valence-electron chi connectivity index (χ3n) is 1.77. The maximum atomic E-state index is 12.6. The summed E-state index contributed by atoms with van der Waals surface area (Å²) in [5, 5.41) is 10.4. The molecule has 0 saturated heterocycles. The van der Waals surface area contributed by atoms with Gasteiger partial charge in [-0.3, -0.25) is 0 Å². The van der Waals surface area contributed by atoms with Crippen LogP contribution >= 0.6 is 0 Å². The molecule has 1 rings (SSSR count). The number of hydrogen-bond acceptors (Lipinski definition) is 5. The average Bonchev–Trinajstić information content (AvgIpc) is 2.26. The van der Waals surface area contributed by atoms with Crippen LogP contribution in [0.1, 0.15) is 22.3 Å². The van der Waals surface area contributed by atoms with Crippen molar-refractivity contribution in [2.45, 2.75) is 6.43 Å². The maximum Gasteiger partial charge on any atom is 0.373 e. The number of nitro groups is 1. The van der Waals surface area contributed by atoms with Crippen LogP contribution in [0.5, 0.6) is 0 Å². The van der Waals surface area contributed by atoms with Gasteiger partial charge in [-0.25, -0.2) is 13.6 Å². The Labute approximate surface area is 88.0 Å². The highest BCUT2D eigenvalue weighted by Crippen LogP contribution is 2.30. The minimum absolute atomic E-state index is 0.556. The van der Waals surface area contributed by atoms with Gasteiger partial charge in [-0.15, -0.1) is 0 Å². The molecule has 0 radical (unpaired) electrons. The van der Waals surface area contributed by atoms with Gasteiger partial charge in [0.25, 0.3) is 6.43 Å². The fraction of sp³-hybridized carbons (Fsp3) is 0.250. The molecule has 1 aromatic rings. The predicted molar refractivity (Wildman–Crippen MR) is 47.2 cm³/mol. The van der Waals surface area contributed by atoms with Gasteiger partial charge in [0.1, 0.15) is 11.8 Å². The van der Waals surface area contributed by atoms with E-state index in [2.05, 4.69) is 9.72 Å². The van der Waals surface area contributed by atoms with Gasteiger partial charge in [-0.1, -0.05) is 0 Å². The molecular weight excluding hydrogens is 226 g/mol. The first kappa shape index (κ1) is 12.0. The molecule has 0 bridgehead atoms. The molecule has 0 aliphatic carbocycles. The van der Waals surface area contributed by atoms with E-state index in [1.54, 1.807) is 0 Å². The Morgan fingerprint density at radius 2 is 2.25 bits per heavy atom. The second-order valence-electron chi connectivity index (χ2n) is 2.65. The smallest absolute Gasteiger partial charge is 0.373 e. The third-order valence-corrected chi connectivity index (χ3v) is 1.77. The molecule has 8 heteroatoms. The van der Waals surface area contributed by atoms with Crippen LogP contribution in [0.3, 0.4) is 0 Å². The summed E-state index contributed by atoms with van der Waals surface area (Å²) in [4.78, 5) is 23.7. The molecular formula is C8H6F2N2O4. The number of hydrogen-bond donors (Lipinski definition) is 0. The van der Waals surface area contributed by atoms with Gasteiger partial charge in [-0.05, 0) is 16.0 Å². The molecule has 0 aliphatic heterocycles. The zero-order valence-electron chi connectivity index (χ0n) is 8.02. The van der Waals surface area contributed by atoms with Crippen molar-refractivity contribution in [2.75, 3.05) is 7.11 Å². The zero-order valence-corrected chi connectivity index (χ0v) is 8.02. The monoisotopic (exact) mass is 232 g/mol. The molecule has 86 valence electrons. The molecule has 1 heterocycles. The van der Waals surface area contributed by atoms with E-state index in [-0.39, 0.29) is 0 Å². The van der Waals surface area contributed by atoms with Crippen LogP contribution < -0.4 is 0 Å². The van der Waals surface area contributed by atoms with Crippen LogP contribution in [0.4, 0.5) is 14.6 Å². The van der Waals surface area contributed by atoms with Gasteiger partial charge in [-0.2, -0.15) is 0 Å². The van der Waals surface area contributed by atoms with Crippen molar-refractivity contribution in [2.24, 2.45) is 0 Å². The van der Waals surface area contributed by atoms with Gasteiger partial charge in [0.05, 0.1) is 12.7 Å². The normalized spacial score (nSPS) is 10.2. The number of ether oxygens (including phenoxy) is 1. The lowest BCUT2D eigenvalue weighted by atomic mass is 10.1. The van der Waals surface area contributed by atoms with E-state index in [0.717, 1.165) is 19.4 Å². The zero-order chi connectivity index (χ0) is 12.3. The molecule has 0 aliphatic rings. The largest absolute Gasteiger partial charge is 0.465 e. The predicted octanol–water partition coefficient (Wildman–Crippen LogP) is 1.71. The fourth-order valence-electron chi connectivity index (χ4n) is 1.11. The van der Waals surface area contributed by atoms with Crippen LogP contribution in [0.2, 0.25) is 0 Å². The summed E-state index contributed by atoms with van der Waals surface area (Å²) in [6.45, 7) is 0. The van der Waals surface area contributed by atoms with E-state index in [0.29, 0.717) is 0 Å². The van der Waals surface area contributed by atoms with Crippen molar-refractivity contribution in [3.8, 4) is 0 Å². The standard InChI is InChI=1S/C8H6F2N2O4/c1-16-8(13)4-2-3-11-7(12(14)15)5(4)6(9)10/h2-3,6H,1H3. The highest BCUT2D eigenvalue weighted by Gasteiger charge is 2.30. The van der Waals surface area contributed by atoms with Crippen molar-refractivity contribution >= 4 is 11.8 Å². The van der Waals surface area contributed by atoms with Gasteiger partial charge in [0.15, 0.2) is 0 Å². The van der Waals surface area contributed by atoms with E-state index in [9.17, 15) is 23.7 Å². The molecule has 1 aromatic heterocycles. The molecule has 0 unspecified atom stereocenters. The Hall–Kier alpha value is -2.12. The van der Waals surface area contributed by atoms with Crippen molar-refractivity contribution in [1.29, 1.82) is 0 Å². The minimum Gasteiger partial charge on any atom is -0.465 e. The van der Waals surface area contributed by atoms with Crippen LogP contribution in [-0.2, 0) is 4.74 Å². The maximum absolute atomic E-state index is 12.6. The molecule has 0 spiro atoms. The highest BCUT2D eigenvalue weighted by molar-refractivity contribution is 5.91.